The fourth-order valence-electron chi connectivity index (χ4n) is 2.41. The van der Waals surface area contributed by atoms with Gasteiger partial charge in [0, 0.05) is 25.9 Å². The van der Waals surface area contributed by atoms with Crippen molar-refractivity contribution in [3.63, 3.8) is 0 Å². The lowest BCUT2D eigenvalue weighted by atomic mass is 9.99. The molecule has 0 aromatic rings. The van der Waals surface area contributed by atoms with Crippen LogP contribution in [0.1, 0.15) is 27.7 Å². The number of hydrogen-bond donors (Lipinski definition) is 1. The summed E-state index contributed by atoms with van der Waals surface area (Å²) in [6.45, 7) is 9.34. The number of guanidine groups is 1. The average Bonchev–Trinajstić information content (AvgIpc) is 2.83. The molecule has 1 aliphatic rings. The van der Waals surface area contributed by atoms with Gasteiger partial charge in [-0.2, -0.15) is 0 Å². The second-order valence-corrected chi connectivity index (χ2v) is 9.36. The molecule has 0 aliphatic carbocycles. The molecule has 134 valence electrons. The lowest BCUT2D eigenvalue weighted by Crippen LogP contribution is -2.42. The quantitative estimate of drug-likeness (QED) is 0.443. The van der Waals surface area contributed by atoms with Gasteiger partial charge < -0.3 is 15.0 Å². The van der Waals surface area contributed by atoms with Crippen LogP contribution in [-0.2, 0) is 19.4 Å². The van der Waals surface area contributed by atoms with Crippen molar-refractivity contribution in [2.24, 2.45) is 16.8 Å². The van der Waals surface area contributed by atoms with Crippen LogP contribution in [0.3, 0.4) is 0 Å². The Kier molecular flexibility index (Phi) is 6.44. The van der Waals surface area contributed by atoms with Gasteiger partial charge in [-0.1, -0.05) is 6.92 Å². The lowest BCUT2D eigenvalue weighted by Gasteiger charge is -2.24. The van der Waals surface area contributed by atoms with Crippen LogP contribution in [0, 0.1) is 11.8 Å². The summed E-state index contributed by atoms with van der Waals surface area (Å²) in [6.07, 6.45) is 1.22. The van der Waals surface area contributed by atoms with E-state index in [1.165, 1.54) is 13.4 Å². The van der Waals surface area contributed by atoms with Gasteiger partial charge in [-0.15, -0.1) is 0 Å². The largest absolute Gasteiger partial charge is 0.469 e. The van der Waals surface area contributed by atoms with E-state index >= 15 is 0 Å². The summed E-state index contributed by atoms with van der Waals surface area (Å²) in [5.41, 5.74) is 0. The van der Waals surface area contributed by atoms with Gasteiger partial charge in [0.05, 0.1) is 24.3 Å². The average molecular weight is 347 g/mol. The number of ether oxygens (including phenoxy) is 1. The first-order chi connectivity index (χ1) is 10.5. The van der Waals surface area contributed by atoms with Gasteiger partial charge in [0.1, 0.15) is 0 Å². The molecule has 2 atom stereocenters. The summed E-state index contributed by atoms with van der Waals surface area (Å²) >= 11 is 0. The van der Waals surface area contributed by atoms with E-state index in [9.17, 15) is 13.2 Å². The van der Waals surface area contributed by atoms with Crippen molar-refractivity contribution in [1.29, 1.82) is 0 Å². The molecule has 1 saturated heterocycles. The van der Waals surface area contributed by atoms with E-state index in [1.807, 2.05) is 18.7 Å². The Bertz CT molecular complexity index is 557. The van der Waals surface area contributed by atoms with E-state index in [1.54, 1.807) is 13.8 Å². The molecular weight excluding hydrogens is 318 g/mol. The Balaban J connectivity index is 2.91. The van der Waals surface area contributed by atoms with Gasteiger partial charge in [0.2, 0.25) is 0 Å². The van der Waals surface area contributed by atoms with Crippen molar-refractivity contribution < 1.29 is 17.9 Å². The third-order valence-electron chi connectivity index (χ3n) is 4.36. The molecule has 7 nitrogen and oxygen atoms in total. The summed E-state index contributed by atoms with van der Waals surface area (Å²) in [6, 6.07) is 0. The zero-order valence-electron chi connectivity index (χ0n) is 14.9. The van der Waals surface area contributed by atoms with E-state index in [0.29, 0.717) is 25.6 Å². The fourth-order valence-corrected chi connectivity index (χ4v) is 2.71. The molecule has 0 amide bonds. The maximum atomic E-state index is 11.8. The van der Waals surface area contributed by atoms with Crippen LogP contribution in [0.25, 0.3) is 0 Å². The molecule has 1 heterocycles. The summed E-state index contributed by atoms with van der Waals surface area (Å²) in [5, 5.41) is 3.18. The Hall–Kier alpha value is -1.31. The number of hydrogen-bond acceptors (Lipinski definition) is 5. The zero-order chi connectivity index (χ0) is 17.8. The van der Waals surface area contributed by atoms with E-state index in [-0.39, 0.29) is 24.3 Å². The number of carbonyl (C=O) groups excluding carboxylic acids is 1. The maximum absolute atomic E-state index is 11.8. The van der Waals surface area contributed by atoms with Crippen LogP contribution in [0.5, 0.6) is 0 Å². The first-order valence-corrected chi connectivity index (χ1v) is 9.73. The third kappa shape index (κ3) is 4.83. The zero-order valence-corrected chi connectivity index (χ0v) is 15.7. The van der Waals surface area contributed by atoms with Crippen LogP contribution in [0.2, 0.25) is 0 Å². The Morgan fingerprint density at radius 1 is 1.39 bits per heavy atom. The molecule has 1 N–H and O–H groups in total. The highest BCUT2D eigenvalue weighted by Crippen LogP contribution is 2.24. The predicted octanol–water partition coefficient (Wildman–Crippen LogP) is 0.516. The van der Waals surface area contributed by atoms with Gasteiger partial charge >= 0.3 is 5.97 Å². The Morgan fingerprint density at radius 3 is 2.48 bits per heavy atom. The highest BCUT2D eigenvalue weighted by molar-refractivity contribution is 7.92. The SMILES string of the molecule is CCNC(=NCC(C)(C)S(C)(=O)=O)N1CC(C)C(C(=O)OC)C1. The number of methoxy groups -OCH3 is 1. The minimum Gasteiger partial charge on any atom is -0.469 e. The first kappa shape index (κ1) is 19.7. The molecule has 0 spiro atoms. The molecular formula is C15H29N3O4S. The van der Waals surface area contributed by atoms with Gasteiger partial charge in [-0.05, 0) is 26.7 Å². The number of likely N-dealkylation sites (tertiary alicyclic amines) is 1. The first-order valence-electron chi connectivity index (χ1n) is 7.84. The highest BCUT2D eigenvalue weighted by Gasteiger charge is 2.37. The standard InChI is InChI=1S/C15H29N3O4S/c1-7-16-14(17-10-15(3,4)23(6,20)21)18-8-11(2)12(9-18)13(19)22-5/h11-12H,7-10H2,1-6H3,(H,16,17). The summed E-state index contributed by atoms with van der Waals surface area (Å²) < 4.78 is 27.5. The minimum atomic E-state index is -3.20. The van der Waals surface area contributed by atoms with Crippen LogP contribution < -0.4 is 5.32 Å². The number of esters is 1. The van der Waals surface area contributed by atoms with Gasteiger partial charge in [0.25, 0.3) is 0 Å². The van der Waals surface area contributed by atoms with Crippen molar-refractivity contribution in [2.75, 3.05) is 39.5 Å². The monoisotopic (exact) mass is 347 g/mol. The number of carbonyl (C=O) groups is 1. The topological polar surface area (TPSA) is 88.1 Å². The van der Waals surface area contributed by atoms with Gasteiger partial charge in [-0.25, -0.2) is 8.42 Å². The highest BCUT2D eigenvalue weighted by atomic mass is 32.2. The number of rotatable bonds is 5. The smallest absolute Gasteiger partial charge is 0.310 e. The van der Waals surface area contributed by atoms with Crippen molar-refractivity contribution >= 4 is 21.8 Å². The molecule has 1 fully saturated rings. The molecule has 8 heteroatoms. The lowest BCUT2D eigenvalue weighted by molar-refractivity contribution is -0.145. The normalized spacial score (nSPS) is 23.0. The summed E-state index contributed by atoms with van der Waals surface area (Å²) in [5.74, 6) is 0.399. The van der Waals surface area contributed by atoms with Crippen molar-refractivity contribution in [3.8, 4) is 0 Å². The van der Waals surface area contributed by atoms with E-state index in [4.69, 9.17) is 4.74 Å². The minimum absolute atomic E-state index is 0.161. The predicted molar refractivity (Wildman–Crippen MR) is 91.1 cm³/mol. The molecule has 0 bridgehead atoms. The van der Waals surface area contributed by atoms with Crippen molar-refractivity contribution in [3.05, 3.63) is 0 Å². The molecule has 0 saturated carbocycles. The number of aliphatic imine (C=N–C) groups is 1. The number of sulfone groups is 1. The molecule has 0 aromatic heterocycles. The van der Waals surface area contributed by atoms with Crippen molar-refractivity contribution in [1.82, 2.24) is 10.2 Å². The van der Waals surface area contributed by atoms with Crippen LogP contribution in [0.4, 0.5) is 0 Å². The summed E-state index contributed by atoms with van der Waals surface area (Å²) in [4.78, 5) is 18.3. The molecule has 23 heavy (non-hydrogen) atoms. The molecule has 1 rings (SSSR count). The fraction of sp³-hybridized carbons (Fsp3) is 0.867. The van der Waals surface area contributed by atoms with Crippen LogP contribution in [-0.4, -0.2) is 69.5 Å². The van der Waals surface area contributed by atoms with E-state index < -0.39 is 14.6 Å². The number of nitrogens with one attached hydrogen (secondary N) is 1. The van der Waals surface area contributed by atoms with Crippen LogP contribution >= 0.6 is 0 Å². The van der Waals surface area contributed by atoms with Crippen molar-refractivity contribution in [2.45, 2.75) is 32.4 Å². The second kappa shape index (κ2) is 7.51. The molecule has 0 radical (unpaired) electrons. The third-order valence-corrected chi connectivity index (χ3v) is 6.50. The van der Waals surface area contributed by atoms with Gasteiger partial charge in [0.15, 0.2) is 15.8 Å². The maximum Gasteiger partial charge on any atom is 0.310 e. The Morgan fingerprint density at radius 2 is 2.00 bits per heavy atom. The molecule has 2 unspecified atom stereocenters. The number of nitrogens with zero attached hydrogens (tertiary/aromatic N) is 2. The second-order valence-electron chi connectivity index (χ2n) is 6.71. The Labute approximate surface area is 139 Å². The molecule has 1 aliphatic heterocycles. The van der Waals surface area contributed by atoms with E-state index in [0.717, 1.165) is 0 Å². The van der Waals surface area contributed by atoms with E-state index in [2.05, 4.69) is 10.3 Å². The molecule has 0 aromatic carbocycles. The summed E-state index contributed by atoms with van der Waals surface area (Å²) in [7, 11) is -1.81. The van der Waals surface area contributed by atoms with Gasteiger partial charge in [-0.3, -0.25) is 9.79 Å². The van der Waals surface area contributed by atoms with Crippen LogP contribution in [0.15, 0.2) is 4.99 Å².